The first-order valence-corrected chi connectivity index (χ1v) is 8.08. The summed E-state index contributed by atoms with van der Waals surface area (Å²) in [5, 5.41) is 0. The molecule has 1 aromatic carbocycles. The molecule has 0 aliphatic heterocycles. The van der Waals surface area contributed by atoms with Gasteiger partial charge in [-0.1, -0.05) is 43.9 Å². The molecule has 0 heterocycles. The van der Waals surface area contributed by atoms with Gasteiger partial charge in [-0.25, -0.2) is 5.84 Å². The Morgan fingerprint density at radius 3 is 2.47 bits per heavy atom. The Bertz CT molecular complexity index is 384. The zero-order valence-corrected chi connectivity index (χ0v) is 12.2. The summed E-state index contributed by atoms with van der Waals surface area (Å²) >= 11 is 1.77. The number of hydrogen-bond acceptors (Lipinski definition) is 3. The van der Waals surface area contributed by atoms with Crippen LogP contribution in [-0.4, -0.2) is 17.6 Å². The van der Waals surface area contributed by atoms with E-state index in [9.17, 15) is 0 Å². The number of nitrogens with zero attached hydrogens (tertiary/aromatic N) is 1. The van der Waals surface area contributed by atoms with E-state index in [0.717, 1.165) is 11.6 Å². The van der Waals surface area contributed by atoms with E-state index in [0.29, 0.717) is 6.04 Å². The van der Waals surface area contributed by atoms with Gasteiger partial charge in [0.15, 0.2) is 0 Å². The Morgan fingerprint density at radius 1 is 1.16 bits per heavy atom. The van der Waals surface area contributed by atoms with Crippen molar-refractivity contribution in [3.63, 3.8) is 0 Å². The van der Waals surface area contributed by atoms with E-state index in [1.54, 1.807) is 11.8 Å². The van der Waals surface area contributed by atoms with Crippen LogP contribution in [0.2, 0.25) is 0 Å². The molecule has 0 amide bonds. The molecule has 1 aromatic rings. The number of rotatable bonds is 4. The van der Waals surface area contributed by atoms with Gasteiger partial charge in [0.05, 0.1) is 11.8 Å². The molecule has 0 radical (unpaired) electrons. The van der Waals surface area contributed by atoms with Gasteiger partial charge >= 0.3 is 0 Å². The average molecular weight is 277 g/mol. The van der Waals surface area contributed by atoms with Crippen LogP contribution in [-0.2, 0) is 0 Å². The molecular formula is C15H23N3S. The van der Waals surface area contributed by atoms with E-state index in [-0.39, 0.29) is 0 Å². The van der Waals surface area contributed by atoms with Crippen LogP contribution in [0.15, 0.2) is 40.2 Å². The third-order valence-electron chi connectivity index (χ3n) is 3.45. The lowest BCUT2D eigenvalue weighted by atomic mass is 10.1. The fraction of sp³-hybridized carbons (Fsp3) is 0.533. The van der Waals surface area contributed by atoms with Crippen LogP contribution in [0.3, 0.4) is 0 Å². The largest absolute Gasteiger partial charge is 0.312 e. The molecule has 1 aliphatic rings. The van der Waals surface area contributed by atoms with Crippen LogP contribution in [0.25, 0.3) is 0 Å². The van der Waals surface area contributed by atoms with Crippen LogP contribution >= 0.6 is 11.8 Å². The lowest BCUT2D eigenvalue weighted by Gasteiger charge is -2.12. The Labute approximate surface area is 120 Å². The summed E-state index contributed by atoms with van der Waals surface area (Å²) in [5.74, 6) is 7.33. The van der Waals surface area contributed by atoms with Crippen molar-refractivity contribution in [1.82, 2.24) is 5.43 Å². The molecule has 19 heavy (non-hydrogen) atoms. The lowest BCUT2D eigenvalue weighted by Crippen LogP contribution is -2.33. The smallest absolute Gasteiger partial charge is 0.121 e. The standard InChI is InChI=1S/C15H23N3S/c16-18-15(12-19-14-10-6-3-7-11-14)17-13-8-4-1-2-5-9-13/h3,6-7,10-11,13H,1-2,4-5,8-9,12,16H2,(H,17,18). The Hall–Kier alpha value is -1.00. The minimum Gasteiger partial charge on any atom is -0.312 e. The molecular weight excluding hydrogens is 254 g/mol. The van der Waals surface area contributed by atoms with Crippen LogP contribution in [0.5, 0.6) is 0 Å². The zero-order valence-electron chi connectivity index (χ0n) is 11.3. The summed E-state index contributed by atoms with van der Waals surface area (Å²) < 4.78 is 0. The Morgan fingerprint density at radius 2 is 1.84 bits per heavy atom. The fourth-order valence-electron chi connectivity index (χ4n) is 2.39. The third-order valence-corrected chi connectivity index (χ3v) is 4.47. The number of benzene rings is 1. The molecule has 0 atom stereocenters. The van der Waals surface area contributed by atoms with Crippen molar-refractivity contribution in [3.8, 4) is 0 Å². The number of nitrogens with one attached hydrogen (secondary N) is 1. The van der Waals surface area contributed by atoms with Crippen LogP contribution in [0.1, 0.15) is 38.5 Å². The summed E-state index contributed by atoms with van der Waals surface area (Å²) in [4.78, 5) is 6.04. The number of nitrogens with two attached hydrogens (primary N) is 1. The molecule has 0 saturated heterocycles. The molecule has 4 heteroatoms. The summed E-state index contributed by atoms with van der Waals surface area (Å²) in [6, 6.07) is 10.8. The van der Waals surface area contributed by atoms with Crippen molar-refractivity contribution < 1.29 is 0 Å². The SMILES string of the molecule is NNC(CSc1ccccc1)=NC1CCCCCC1. The van der Waals surface area contributed by atoms with Gasteiger partial charge in [-0.15, -0.1) is 11.8 Å². The number of hydrogen-bond donors (Lipinski definition) is 2. The van der Waals surface area contributed by atoms with E-state index in [1.807, 2.05) is 6.07 Å². The summed E-state index contributed by atoms with van der Waals surface area (Å²) in [7, 11) is 0. The van der Waals surface area contributed by atoms with Gasteiger partial charge in [0.1, 0.15) is 5.84 Å². The second-order valence-electron chi connectivity index (χ2n) is 4.97. The Kier molecular flexibility index (Phi) is 6.24. The van der Waals surface area contributed by atoms with E-state index in [2.05, 4.69) is 29.7 Å². The predicted octanol–water partition coefficient (Wildman–Crippen LogP) is 3.36. The quantitative estimate of drug-likeness (QED) is 0.221. The minimum absolute atomic E-state index is 0.463. The summed E-state index contributed by atoms with van der Waals surface area (Å²) in [6.07, 6.45) is 7.74. The predicted molar refractivity (Wildman–Crippen MR) is 83.4 cm³/mol. The topological polar surface area (TPSA) is 50.4 Å². The Balaban J connectivity index is 1.87. The zero-order chi connectivity index (χ0) is 13.3. The molecule has 0 aromatic heterocycles. The van der Waals surface area contributed by atoms with Crippen molar-refractivity contribution in [2.45, 2.75) is 49.5 Å². The second kappa shape index (κ2) is 8.23. The maximum atomic E-state index is 5.60. The van der Waals surface area contributed by atoms with E-state index >= 15 is 0 Å². The first kappa shape index (κ1) is 14.4. The van der Waals surface area contributed by atoms with E-state index in [1.165, 1.54) is 43.4 Å². The van der Waals surface area contributed by atoms with Gasteiger partial charge in [-0.05, 0) is 25.0 Å². The van der Waals surface area contributed by atoms with Crippen molar-refractivity contribution in [1.29, 1.82) is 0 Å². The molecule has 3 nitrogen and oxygen atoms in total. The highest BCUT2D eigenvalue weighted by Crippen LogP contribution is 2.21. The monoisotopic (exact) mass is 277 g/mol. The molecule has 1 fully saturated rings. The van der Waals surface area contributed by atoms with Crippen LogP contribution < -0.4 is 11.3 Å². The van der Waals surface area contributed by atoms with Crippen molar-refractivity contribution >= 4 is 17.6 Å². The maximum absolute atomic E-state index is 5.60. The van der Waals surface area contributed by atoms with Gasteiger partial charge < -0.3 is 5.43 Å². The molecule has 0 bridgehead atoms. The summed E-state index contributed by atoms with van der Waals surface area (Å²) in [5.41, 5.74) is 2.77. The first-order valence-electron chi connectivity index (χ1n) is 7.09. The van der Waals surface area contributed by atoms with Gasteiger partial charge in [0.25, 0.3) is 0 Å². The van der Waals surface area contributed by atoms with Crippen molar-refractivity contribution in [2.75, 3.05) is 5.75 Å². The molecule has 2 rings (SSSR count). The molecule has 1 saturated carbocycles. The molecule has 104 valence electrons. The minimum atomic E-state index is 0.463. The van der Waals surface area contributed by atoms with Crippen LogP contribution in [0.4, 0.5) is 0 Å². The maximum Gasteiger partial charge on any atom is 0.121 e. The lowest BCUT2D eigenvalue weighted by molar-refractivity contribution is 0.583. The van der Waals surface area contributed by atoms with Crippen LogP contribution in [0, 0.1) is 0 Å². The molecule has 1 aliphatic carbocycles. The van der Waals surface area contributed by atoms with Crippen molar-refractivity contribution in [2.24, 2.45) is 10.8 Å². The number of aliphatic imine (C=N–C) groups is 1. The molecule has 0 unspecified atom stereocenters. The highest BCUT2D eigenvalue weighted by atomic mass is 32.2. The average Bonchev–Trinajstić information content (AvgIpc) is 2.73. The van der Waals surface area contributed by atoms with E-state index < -0.39 is 0 Å². The number of hydrazine groups is 1. The second-order valence-corrected chi connectivity index (χ2v) is 6.02. The summed E-state index contributed by atoms with van der Waals surface area (Å²) in [6.45, 7) is 0. The fourth-order valence-corrected chi connectivity index (χ4v) is 3.20. The highest BCUT2D eigenvalue weighted by Gasteiger charge is 2.12. The van der Waals surface area contributed by atoms with Gasteiger partial charge in [-0.2, -0.15) is 0 Å². The first-order chi connectivity index (χ1) is 9.38. The van der Waals surface area contributed by atoms with Gasteiger partial charge in [-0.3, -0.25) is 4.99 Å². The highest BCUT2D eigenvalue weighted by molar-refractivity contribution is 8.00. The van der Waals surface area contributed by atoms with E-state index in [4.69, 9.17) is 10.8 Å². The molecule has 0 spiro atoms. The van der Waals surface area contributed by atoms with Crippen molar-refractivity contribution in [3.05, 3.63) is 30.3 Å². The number of amidine groups is 1. The van der Waals surface area contributed by atoms with Gasteiger partial charge in [0, 0.05) is 4.90 Å². The molecule has 3 N–H and O–H groups in total. The third kappa shape index (κ3) is 5.25. The number of thioether (sulfide) groups is 1. The van der Waals surface area contributed by atoms with Gasteiger partial charge in [0.2, 0.25) is 0 Å². The normalized spacial score (nSPS) is 18.1.